The first kappa shape index (κ1) is 15.8. The lowest BCUT2D eigenvalue weighted by Gasteiger charge is -2.04. The molecule has 27 heavy (non-hydrogen) atoms. The van der Waals surface area contributed by atoms with Crippen LogP contribution in [0.3, 0.4) is 0 Å². The number of aromatic nitrogens is 6. The molecule has 0 atom stereocenters. The van der Waals surface area contributed by atoms with Crippen LogP contribution in [0.2, 0.25) is 0 Å². The molecule has 0 bridgehead atoms. The molecule has 0 fully saturated rings. The Balaban J connectivity index is 1.54. The molecule has 0 radical (unpaired) electrons. The Bertz CT molecular complexity index is 1350. The van der Waals surface area contributed by atoms with Crippen LogP contribution < -0.4 is 5.56 Å². The molecule has 0 unspecified atom stereocenters. The van der Waals surface area contributed by atoms with E-state index in [1.807, 2.05) is 66.4 Å². The van der Waals surface area contributed by atoms with Crippen LogP contribution in [0.4, 0.5) is 0 Å². The van der Waals surface area contributed by atoms with Gasteiger partial charge in [-0.1, -0.05) is 0 Å². The second kappa shape index (κ2) is 6.10. The lowest BCUT2D eigenvalue weighted by atomic mass is 10.2. The van der Waals surface area contributed by atoms with Crippen LogP contribution in [-0.2, 0) is 7.05 Å². The molecule has 0 saturated carbocycles. The third-order valence-corrected chi connectivity index (χ3v) is 5.26. The Hall–Kier alpha value is -3.39. The predicted octanol–water partition coefficient (Wildman–Crippen LogP) is 3.12. The summed E-state index contributed by atoms with van der Waals surface area (Å²) in [7, 11) is 1.90. The molecule has 0 aliphatic rings. The van der Waals surface area contributed by atoms with E-state index < -0.39 is 0 Å². The van der Waals surface area contributed by atoms with E-state index >= 15 is 0 Å². The van der Waals surface area contributed by atoms with Crippen molar-refractivity contribution in [2.24, 2.45) is 7.05 Å². The summed E-state index contributed by atoms with van der Waals surface area (Å²) < 4.78 is 3.75. The molecular formula is C19H14N6OS. The molecule has 5 rings (SSSR count). The number of aryl methyl sites for hydroxylation is 1. The van der Waals surface area contributed by atoms with Crippen LogP contribution >= 0.6 is 11.8 Å². The van der Waals surface area contributed by atoms with Gasteiger partial charge in [0, 0.05) is 47.0 Å². The molecule has 1 aromatic carbocycles. The number of nitrogens with one attached hydrogen (secondary N) is 1. The summed E-state index contributed by atoms with van der Waals surface area (Å²) in [6.45, 7) is 0. The van der Waals surface area contributed by atoms with Crippen LogP contribution in [0.15, 0.2) is 75.9 Å². The summed E-state index contributed by atoms with van der Waals surface area (Å²) in [6, 6.07) is 13.2. The van der Waals surface area contributed by atoms with E-state index in [-0.39, 0.29) is 5.56 Å². The van der Waals surface area contributed by atoms with Gasteiger partial charge in [0.05, 0.1) is 6.20 Å². The Kier molecular flexibility index (Phi) is 3.58. The zero-order chi connectivity index (χ0) is 18.4. The Labute approximate surface area is 157 Å². The molecule has 0 saturated heterocycles. The van der Waals surface area contributed by atoms with Gasteiger partial charge in [-0.3, -0.25) is 13.9 Å². The number of rotatable bonds is 3. The molecule has 0 spiro atoms. The summed E-state index contributed by atoms with van der Waals surface area (Å²) >= 11 is 1.53. The molecule has 4 heterocycles. The van der Waals surface area contributed by atoms with E-state index in [1.54, 1.807) is 4.68 Å². The van der Waals surface area contributed by atoms with Gasteiger partial charge in [-0.2, -0.15) is 5.10 Å². The third-order valence-electron chi connectivity index (χ3n) is 4.31. The SMILES string of the molecule is Cn1cc(-c2ccc3nnc(Sc4ccc5[nH]c(=O)ccc5c4)n3c2)cn1. The number of hydrogen-bond donors (Lipinski definition) is 1. The molecule has 1 N–H and O–H groups in total. The molecule has 0 aliphatic heterocycles. The number of nitrogens with zero attached hydrogens (tertiary/aromatic N) is 5. The van der Waals surface area contributed by atoms with Crippen molar-refractivity contribution in [2.75, 3.05) is 0 Å². The van der Waals surface area contributed by atoms with Crippen LogP contribution in [-0.4, -0.2) is 29.4 Å². The van der Waals surface area contributed by atoms with Crippen molar-refractivity contribution in [2.45, 2.75) is 10.1 Å². The Morgan fingerprint density at radius 1 is 1.00 bits per heavy atom. The zero-order valence-electron chi connectivity index (χ0n) is 14.3. The summed E-state index contributed by atoms with van der Waals surface area (Å²) in [5.41, 5.74) is 3.59. The first-order valence-electron chi connectivity index (χ1n) is 8.30. The fraction of sp³-hybridized carbons (Fsp3) is 0.0526. The number of pyridine rings is 2. The highest BCUT2D eigenvalue weighted by atomic mass is 32.2. The number of H-pyrrole nitrogens is 1. The number of hydrogen-bond acceptors (Lipinski definition) is 5. The van der Waals surface area contributed by atoms with Gasteiger partial charge in [0.15, 0.2) is 10.8 Å². The molecule has 132 valence electrons. The van der Waals surface area contributed by atoms with Crippen molar-refractivity contribution in [3.63, 3.8) is 0 Å². The first-order chi connectivity index (χ1) is 13.2. The van der Waals surface area contributed by atoms with E-state index in [0.717, 1.165) is 37.7 Å². The number of benzene rings is 1. The monoisotopic (exact) mass is 374 g/mol. The predicted molar refractivity (Wildman–Crippen MR) is 104 cm³/mol. The zero-order valence-corrected chi connectivity index (χ0v) is 15.1. The van der Waals surface area contributed by atoms with Gasteiger partial charge in [-0.05, 0) is 53.5 Å². The quantitative estimate of drug-likeness (QED) is 0.525. The highest BCUT2D eigenvalue weighted by molar-refractivity contribution is 7.99. The fourth-order valence-electron chi connectivity index (χ4n) is 2.98. The summed E-state index contributed by atoms with van der Waals surface area (Å²) in [5, 5.41) is 14.6. The van der Waals surface area contributed by atoms with Crippen LogP contribution in [0.25, 0.3) is 27.7 Å². The molecule has 5 aromatic rings. The van der Waals surface area contributed by atoms with E-state index in [2.05, 4.69) is 20.3 Å². The van der Waals surface area contributed by atoms with Gasteiger partial charge in [0.2, 0.25) is 5.56 Å². The Morgan fingerprint density at radius 2 is 1.93 bits per heavy atom. The average molecular weight is 374 g/mol. The van der Waals surface area contributed by atoms with Crippen molar-refractivity contribution in [1.82, 2.24) is 29.4 Å². The van der Waals surface area contributed by atoms with E-state index in [4.69, 9.17) is 0 Å². The average Bonchev–Trinajstić information content (AvgIpc) is 3.28. The van der Waals surface area contributed by atoms with Gasteiger partial charge in [0.25, 0.3) is 0 Å². The lowest BCUT2D eigenvalue weighted by Crippen LogP contribution is -2.01. The summed E-state index contributed by atoms with van der Waals surface area (Å²) in [6.07, 6.45) is 5.83. The van der Waals surface area contributed by atoms with Crippen molar-refractivity contribution in [3.8, 4) is 11.1 Å². The van der Waals surface area contributed by atoms with Crippen molar-refractivity contribution >= 4 is 28.3 Å². The van der Waals surface area contributed by atoms with Gasteiger partial charge in [-0.25, -0.2) is 0 Å². The minimum atomic E-state index is -0.103. The van der Waals surface area contributed by atoms with Crippen LogP contribution in [0, 0.1) is 0 Å². The molecule has 4 aromatic heterocycles. The standard InChI is InChI=1S/C19H14N6OS/c1-24-10-14(9-20-24)13-2-6-17-22-23-19(25(17)11-13)27-15-4-5-16-12(8-15)3-7-18(26)21-16/h2-11H,1H3,(H,21,26). The normalized spacial score (nSPS) is 11.4. The topological polar surface area (TPSA) is 80.9 Å². The second-order valence-corrected chi connectivity index (χ2v) is 7.25. The van der Waals surface area contributed by atoms with Gasteiger partial charge in [-0.15, -0.1) is 10.2 Å². The van der Waals surface area contributed by atoms with E-state index in [9.17, 15) is 4.79 Å². The van der Waals surface area contributed by atoms with Gasteiger partial charge in [0.1, 0.15) is 0 Å². The lowest BCUT2D eigenvalue weighted by molar-refractivity contribution is 0.768. The summed E-state index contributed by atoms with van der Waals surface area (Å²) in [4.78, 5) is 15.3. The minimum absolute atomic E-state index is 0.103. The maximum absolute atomic E-state index is 11.4. The molecule has 0 amide bonds. The maximum Gasteiger partial charge on any atom is 0.248 e. The maximum atomic E-state index is 11.4. The number of fused-ring (bicyclic) bond motifs is 2. The Morgan fingerprint density at radius 3 is 2.78 bits per heavy atom. The third kappa shape index (κ3) is 2.89. The van der Waals surface area contributed by atoms with Crippen molar-refractivity contribution in [3.05, 3.63) is 71.4 Å². The summed E-state index contributed by atoms with van der Waals surface area (Å²) in [5.74, 6) is 0. The van der Waals surface area contributed by atoms with Gasteiger partial charge < -0.3 is 4.98 Å². The first-order valence-corrected chi connectivity index (χ1v) is 9.12. The second-order valence-electron chi connectivity index (χ2n) is 6.20. The smallest absolute Gasteiger partial charge is 0.248 e. The molecular weight excluding hydrogens is 360 g/mol. The van der Waals surface area contributed by atoms with Crippen LogP contribution in [0.1, 0.15) is 0 Å². The molecule has 8 heteroatoms. The van der Waals surface area contributed by atoms with E-state index in [0.29, 0.717) is 0 Å². The minimum Gasteiger partial charge on any atom is -0.322 e. The van der Waals surface area contributed by atoms with Crippen LogP contribution in [0.5, 0.6) is 0 Å². The highest BCUT2D eigenvalue weighted by Crippen LogP contribution is 2.29. The highest BCUT2D eigenvalue weighted by Gasteiger charge is 2.10. The van der Waals surface area contributed by atoms with Crippen molar-refractivity contribution in [1.29, 1.82) is 0 Å². The molecule has 0 aliphatic carbocycles. The van der Waals surface area contributed by atoms with E-state index in [1.165, 1.54) is 17.8 Å². The number of aromatic amines is 1. The van der Waals surface area contributed by atoms with Crippen molar-refractivity contribution < 1.29 is 0 Å². The fourth-order valence-corrected chi connectivity index (χ4v) is 3.84. The largest absolute Gasteiger partial charge is 0.322 e. The molecule has 7 nitrogen and oxygen atoms in total. The van der Waals surface area contributed by atoms with Gasteiger partial charge >= 0.3 is 0 Å².